The van der Waals surface area contributed by atoms with E-state index in [0.717, 1.165) is 30.7 Å². The first-order valence-electron chi connectivity index (χ1n) is 15.0. The van der Waals surface area contributed by atoms with Crippen molar-refractivity contribution < 1.29 is 60.8 Å². The third-order valence-corrected chi connectivity index (χ3v) is 7.96. The van der Waals surface area contributed by atoms with Crippen molar-refractivity contribution in [1.29, 1.82) is 0 Å². The van der Waals surface area contributed by atoms with E-state index in [0.29, 0.717) is 23.8 Å². The molecular formula is C33H39F6NO7. The Labute approximate surface area is 268 Å². The molecule has 2 aliphatic carbocycles. The summed E-state index contributed by atoms with van der Waals surface area (Å²) >= 11 is 0. The topological polar surface area (TPSA) is 133 Å². The fraction of sp³-hybridized carbons (Fsp3) is 0.485. The van der Waals surface area contributed by atoms with Crippen LogP contribution in [0.2, 0.25) is 0 Å². The number of alkyl halides is 6. The van der Waals surface area contributed by atoms with Crippen LogP contribution < -0.4 is 10.1 Å². The minimum absolute atomic E-state index is 0.283. The molecule has 0 aliphatic heterocycles. The molecule has 0 radical (unpaired) electrons. The van der Waals surface area contributed by atoms with Crippen molar-refractivity contribution in [2.45, 2.75) is 82.7 Å². The van der Waals surface area contributed by atoms with E-state index in [1.165, 1.54) is 37.7 Å². The Hall–Kier alpha value is -4.07. The summed E-state index contributed by atoms with van der Waals surface area (Å²) in [6.07, 6.45) is 1.76. The second-order valence-electron chi connectivity index (χ2n) is 11.3. The van der Waals surface area contributed by atoms with E-state index < -0.39 is 30.3 Å². The van der Waals surface area contributed by atoms with Gasteiger partial charge in [0.15, 0.2) is 0 Å². The van der Waals surface area contributed by atoms with Crippen LogP contribution >= 0.6 is 0 Å². The Kier molecular flexibility index (Phi) is 14.8. The number of carbonyl (C=O) groups is 3. The van der Waals surface area contributed by atoms with Crippen molar-refractivity contribution in [1.82, 2.24) is 5.32 Å². The largest absolute Gasteiger partial charge is 0.496 e. The van der Waals surface area contributed by atoms with Crippen LogP contribution in [0.4, 0.5) is 26.3 Å². The standard InChI is InChI=1S/C29H37NO3.2C2HF3O2/c1-3-22(17-21-7-5-4-6-8-21)26-19-27(26)30-25-15-10-20(11-16-25)9-12-23-13-14-24(29(31)32)18-28(23)33-2;2*3-2(4,5)1(6)7/h4-8,13-14,17-18,20,25-27,30H,3,9-12,15-16,19H2,1-2H3,(H,31,32);2*(H,6,7)/b22-17+;;/t20?,25?,26-,27+;;/m0../s1. The Bertz CT molecular complexity index is 1330. The number of carboxylic acid groups (broad SMARTS) is 3. The predicted molar refractivity (Wildman–Crippen MR) is 161 cm³/mol. The number of halogens is 6. The summed E-state index contributed by atoms with van der Waals surface area (Å²) in [7, 11) is 1.62. The predicted octanol–water partition coefficient (Wildman–Crippen LogP) is 7.62. The molecule has 2 aliphatic rings. The molecule has 0 bridgehead atoms. The van der Waals surface area contributed by atoms with Gasteiger partial charge < -0.3 is 25.4 Å². The zero-order chi connectivity index (χ0) is 35.4. The number of aromatic carboxylic acids is 1. The van der Waals surface area contributed by atoms with Gasteiger partial charge in [0, 0.05) is 12.1 Å². The Balaban J connectivity index is 0.000000459. The number of benzene rings is 2. The summed E-state index contributed by atoms with van der Waals surface area (Å²) in [6, 6.07) is 17.2. The maximum Gasteiger partial charge on any atom is 0.490 e. The number of rotatable bonds is 10. The number of nitrogens with one attached hydrogen (secondary N) is 1. The molecule has 0 amide bonds. The monoisotopic (exact) mass is 675 g/mol. The van der Waals surface area contributed by atoms with Crippen LogP contribution in [0.15, 0.2) is 54.1 Å². The molecule has 2 fully saturated rings. The summed E-state index contributed by atoms with van der Waals surface area (Å²) in [5.41, 5.74) is 4.29. The Morgan fingerprint density at radius 2 is 1.45 bits per heavy atom. The van der Waals surface area contributed by atoms with Crippen LogP contribution in [-0.4, -0.2) is 64.8 Å². The van der Waals surface area contributed by atoms with Gasteiger partial charge in [-0.1, -0.05) is 55.0 Å². The number of hydrogen-bond acceptors (Lipinski definition) is 5. The molecule has 2 aromatic rings. The van der Waals surface area contributed by atoms with Crippen LogP contribution in [-0.2, 0) is 16.0 Å². The highest BCUT2D eigenvalue weighted by Crippen LogP contribution is 2.41. The lowest BCUT2D eigenvalue weighted by Gasteiger charge is -2.29. The molecule has 8 nitrogen and oxygen atoms in total. The van der Waals surface area contributed by atoms with Gasteiger partial charge in [-0.25, -0.2) is 14.4 Å². The number of aryl methyl sites for hydroxylation is 1. The molecule has 2 saturated carbocycles. The van der Waals surface area contributed by atoms with Gasteiger partial charge in [-0.3, -0.25) is 0 Å². The molecule has 4 rings (SSSR count). The van der Waals surface area contributed by atoms with E-state index in [1.807, 2.05) is 6.07 Å². The van der Waals surface area contributed by atoms with Crippen LogP contribution in [0.25, 0.3) is 6.08 Å². The second-order valence-corrected chi connectivity index (χ2v) is 11.3. The van der Waals surface area contributed by atoms with Crippen LogP contribution in [0.1, 0.15) is 73.4 Å². The minimum Gasteiger partial charge on any atom is -0.496 e. The first kappa shape index (κ1) is 39.1. The molecular weight excluding hydrogens is 636 g/mol. The van der Waals surface area contributed by atoms with Crippen molar-refractivity contribution >= 4 is 24.0 Å². The lowest BCUT2D eigenvalue weighted by molar-refractivity contribution is -0.193. The molecule has 0 unspecified atom stereocenters. The number of hydrogen-bond donors (Lipinski definition) is 4. The van der Waals surface area contributed by atoms with E-state index in [4.69, 9.17) is 24.5 Å². The molecule has 0 aromatic heterocycles. The van der Waals surface area contributed by atoms with Crippen molar-refractivity contribution in [3.63, 3.8) is 0 Å². The highest BCUT2D eigenvalue weighted by Gasteiger charge is 2.41. The van der Waals surface area contributed by atoms with Crippen molar-refractivity contribution in [3.05, 3.63) is 70.8 Å². The fourth-order valence-electron chi connectivity index (χ4n) is 5.39. The van der Waals surface area contributed by atoms with Gasteiger partial charge in [0.05, 0.1) is 12.7 Å². The Morgan fingerprint density at radius 3 is 1.91 bits per heavy atom. The SMILES string of the molecule is CC/C(=C\c1ccccc1)[C@@H]1C[C@H]1NC1CCC(CCc2ccc(C(=O)O)cc2OC)CC1.O=C(O)C(F)(F)F.O=C(O)C(F)(F)F. The summed E-state index contributed by atoms with van der Waals surface area (Å²) < 4.78 is 68.9. The van der Waals surface area contributed by atoms with Gasteiger partial charge in [0.1, 0.15) is 5.75 Å². The molecule has 2 atom stereocenters. The summed E-state index contributed by atoms with van der Waals surface area (Å²) in [5.74, 6) is -4.29. The number of aliphatic carboxylic acids is 2. The van der Waals surface area contributed by atoms with Crippen molar-refractivity contribution in [2.75, 3.05) is 7.11 Å². The molecule has 260 valence electrons. The maximum atomic E-state index is 11.2. The number of methoxy groups -OCH3 is 1. The molecule has 0 saturated heterocycles. The number of carboxylic acids is 3. The summed E-state index contributed by atoms with van der Waals surface area (Å²) in [4.78, 5) is 29.0. The van der Waals surface area contributed by atoms with E-state index >= 15 is 0 Å². The first-order chi connectivity index (χ1) is 22.0. The molecule has 0 spiro atoms. The van der Waals surface area contributed by atoms with E-state index in [2.05, 4.69) is 48.6 Å². The van der Waals surface area contributed by atoms with Gasteiger partial charge >= 0.3 is 30.3 Å². The highest BCUT2D eigenvalue weighted by molar-refractivity contribution is 5.88. The molecule has 4 N–H and O–H groups in total. The third kappa shape index (κ3) is 13.7. The van der Waals surface area contributed by atoms with E-state index in [9.17, 15) is 36.2 Å². The summed E-state index contributed by atoms with van der Waals surface area (Å²) in [5, 5.41) is 27.4. The zero-order valence-corrected chi connectivity index (χ0v) is 25.9. The van der Waals surface area contributed by atoms with Crippen molar-refractivity contribution in [2.24, 2.45) is 11.8 Å². The van der Waals surface area contributed by atoms with Crippen molar-refractivity contribution in [3.8, 4) is 5.75 Å². The van der Waals surface area contributed by atoms with Crippen LogP contribution in [0, 0.1) is 11.8 Å². The lowest BCUT2D eigenvalue weighted by Crippen LogP contribution is -2.35. The minimum atomic E-state index is -5.08. The molecule has 47 heavy (non-hydrogen) atoms. The number of ether oxygens (including phenoxy) is 1. The Morgan fingerprint density at radius 1 is 0.894 bits per heavy atom. The van der Waals surface area contributed by atoms with Crippen LogP contribution in [0.5, 0.6) is 5.75 Å². The molecule has 2 aromatic carbocycles. The lowest BCUT2D eigenvalue weighted by atomic mass is 9.82. The maximum absolute atomic E-state index is 11.2. The second kappa shape index (κ2) is 17.7. The average molecular weight is 676 g/mol. The third-order valence-electron chi connectivity index (χ3n) is 7.96. The molecule has 14 heteroatoms. The van der Waals surface area contributed by atoms with E-state index in [1.54, 1.807) is 24.8 Å². The van der Waals surface area contributed by atoms with Crippen LogP contribution in [0.3, 0.4) is 0 Å². The van der Waals surface area contributed by atoms with Gasteiger partial charge in [-0.05, 0) is 86.5 Å². The quantitative estimate of drug-likeness (QED) is 0.189. The molecule has 0 heterocycles. The van der Waals surface area contributed by atoms with Gasteiger partial charge in [0.25, 0.3) is 0 Å². The first-order valence-corrected chi connectivity index (χ1v) is 15.0. The van der Waals surface area contributed by atoms with E-state index in [-0.39, 0.29) is 5.56 Å². The normalized spacial score (nSPS) is 20.9. The summed E-state index contributed by atoms with van der Waals surface area (Å²) in [6.45, 7) is 2.28. The van der Waals surface area contributed by atoms with Gasteiger partial charge in [-0.15, -0.1) is 0 Å². The van der Waals surface area contributed by atoms with Gasteiger partial charge in [-0.2, -0.15) is 26.3 Å². The smallest absolute Gasteiger partial charge is 0.490 e. The average Bonchev–Trinajstić information content (AvgIpc) is 3.78. The fourth-order valence-corrected chi connectivity index (χ4v) is 5.39. The zero-order valence-electron chi connectivity index (χ0n) is 25.9. The highest BCUT2D eigenvalue weighted by atomic mass is 19.4. The van der Waals surface area contributed by atoms with Gasteiger partial charge in [0.2, 0.25) is 0 Å².